The molecule has 0 N–H and O–H groups in total. The Balaban J connectivity index is 2.01. The van der Waals surface area contributed by atoms with Crippen LogP contribution in [0.2, 0.25) is 5.15 Å². The van der Waals surface area contributed by atoms with E-state index in [2.05, 4.69) is 5.10 Å². The molecule has 8 nitrogen and oxygen atoms in total. The first-order valence-corrected chi connectivity index (χ1v) is 8.17. The van der Waals surface area contributed by atoms with Crippen LogP contribution in [-0.2, 0) is 0 Å². The van der Waals surface area contributed by atoms with E-state index in [0.29, 0.717) is 16.4 Å². The lowest BCUT2D eigenvalue weighted by atomic mass is 10.1. The molecule has 0 amide bonds. The lowest BCUT2D eigenvalue weighted by Crippen LogP contribution is -1.95. The number of aryl methyl sites for hydroxylation is 1. The number of hydrogen-bond acceptors (Lipinski definition) is 5. The van der Waals surface area contributed by atoms with Crippen LogP contribution in [0.5, 0.6) is 0 Å². The molecule has 0 aliphatic rings. The lowest BCUT2D eigenvalue weighted by molar-refractivity contribution is -0.394. The Kier molecular flexibility index (Phi) is 5.00. The average molecular weight is 385 g/mol. The normalized spacial score (nSPS) is 11.0. The Labute approximate surface area is 158 Å². The number of aromatic nitrogens is 2. The zero-order valence-electron chi connectivity index (χ0n) is 14.1. The number of nitro groups is 2. The molecule has 3 aromatic rings. The van der Waals surface area contributed by atoms with Crippen LogP contribution in [0.25, 0.3) is 17.8 Å². The minimum atomic E-state index is -0.675. The van der Waals surface area contributed by atoms with Crippen LogP contribution < -0.4 is 0 Å². The third kappa shape index (κ3) is 3.70. The van der Waals surface area contributed by atoms with Gasteiger partial charge in [-0.3, -0.25) is 20.2 Å². The van der Waals surface area contributed by atoms with Crippen LogP contribution in [0.15, 0.2) is 48.5 Å². The van der Waals surface area contributed by atoms with Crippen molar-refractivity contribution in [1.29, 1.82) is 0 Å². The van der Waals surface area contributed by atoms with E-state index >= 15 is 0 Å². The molecule has 0 aliphatic heterocycles. The molecule has 0 spiro atoms. The van der Waals surface area contributed by atoms with Crippen molar-refractivity contribution in [3.8, 4) is 5.69 Å². The second-order valence-corrected chi connectivity index (χ2v) is 5.99. The van der Waals surface area contributed by atoms with Gasteiger partial charge in [-0.2, -0.15) is 5.10 Å². The summed E-state index contributed by atoms with van der Waals surface area (Å²) in [7, 11) is 0. The highest BCUT2D eigenvalue weighted by molar-refractivity contribution is 6.31. The lowest BCUT2D eigenvalue weighted by Gasteiger charge is -2.02. The number of nitro benzene ring substituents is 2. The molecule has 3 rings (SSSR count). The van der Waals surface area contributed by atoms with Crippen LogP contribution in [0.1, 0.15) is 16.8 Å². The van der Waals surface area contributed by atoms with Crippen molar-refractivity contribution in [2.24, 2.45) is 0 Å². The van der Waals surface area contributed by atoms with Crippen molar-refractivity contribution >= 4 is 35.1 Å². The molecule has 0 bridgehead atoms. The van der Waals surface area contributed by atoms with Gasteiger partial charge in [0.05, 0.1) is 32.9 Å². The topological polar surface area (TPSA) is 104 Å². The van der Waals surface area contributed by atoms with Gasteiger partial charge in [0.25, 0.3) is 11.4 Å². The van der Waals surface area contributed by atoms with Crippen molar-refractivity contribution in [2.45, 2.75) is 6.92 Å². The molecule has 136 valence electrons. The summed E-state index contributed by atoms with van der Waals surface area (Å²) < 4.78 is 1.57. The van der Waals surface area contributed by atoms with E-state index in [1.165, 1.54) is 18.2 Å². The van der Waals surface area contributed by atoms with Gasteiger partial charge in [-0.15, -0.1) is 0 Å². The molecular formula is C18H13ClN4O4. The van der Waals surface area contributed by atoms with Gasteiger partial charge in [0.2, 0.25) is 0 Å². The smallest absolute Gasteiger partial charge is 0.258 e. The molecule has 0 fully saturated rings. The highest BCUT2D eigenvalue weighted by atomic mass is 35.5. The van der Waals surface area contributed by atoms with Crippen molar-refractivity contribution in [3.05, 3.63) is 90.7 Å². The van der Waals surface area contributed by atoms with Gasteiger partial charge in [-0.1, -0.05) is 29.8 Å². The quantitative estimate of drug-likeness (QED) is 0.463. The summed E-state index contributed by atoms with van der Waals surface area (Å²) in [4.78, 5) is 20.7. The van der Waals surface area contributed by atoms with E-state index in [0.717, 1.165) is 11.8 Å². The van der Waals surface area contributed by atoms with E-state index in [9.17, 15) is 20.2 Å². The first-order chi connectivity index (χ1) is 12.9. The molecule has 1 heterocycles. The molecular weight excluding hydrogens is 372 g/mol. The van der Waals surface area contributed by atoms with E-state index in [1.54, 1.807) is 17.7 Å². The molecule has 0 unspecified atom stereocenters. The number of benzene rings is 2. The van der Waals surface area contributed by atoms with E-state index in [4.69, 9.17) is 11.6 Å². The molecule has 1 aromatic heterocycles. The number of para-hydroxylation sites is 1. The van der Waals surface area contributed by atoms with Crippen molar-refractivity contribution in [1.82, 2.24) is 9.78 Å². The fraction of sp³-hybridized carbons (Fsp3) is 0.0556. The first kappa shape index (κ1) is 18.3. The predicted molar refractivity (Wildman–Crippen MR) is 102 cm³/mol. The third-order valence-electron chi connectivity index (χ3n) is 3.90. The highest BCUT2D eigenvalue weighted by Gasteiger charge is 2.18. The number of nitrogens with zero attached hydrogens (tertiary/aromatic N) is 4. The van der Waals surface area contributed by atoms with Gasteiger partial charge in [-0.25, -0.2) is 4.68 Å². The Bertz CT molecular complexity index is 1060. The second-order valence-electron chi connectivity index (χ2n) is 5.63. The standard InChI is InChI=1S/C18H13ClN4O4/c1-12-16(18(19)21(20-12)14-5-3-2-4-6-14)10-8-13-7-9-15(22(24)25)11-17(13)23(26)27/h2-11H,1H3/b10-8+. The Hall–Kier alpha value is -3.52. The number of non-ortho nitro benzene ring substituents is 1. The molecule has 0 saturated heterocycles. The van der Waals surface area contributed by atoms with Crippen LogP contribution in [0.3, 0.4) is 0 Å². The predicted octanol–water partition coefficient (Wildman–Crippen LogP) is 4.82. The number of rotatable bonds is 5. The maximum Gasteiger partial charge on any atom is 0.283 e. The van der Waals surface area contributed by atoms with E-state index in [1.807, 2.05) is 30.3 Å². The minimum Gasteiger partial charge on any atom is -0.258 e. The molecule has 0 radical (unpaired) electrons. The van der Waals surface area contributed by atoms with Crippen molar-refractivity contribution < 1.29 is 9.85 Å². The minimum absolute atomic E-state index is 0.230. The van der Waals surface area contributed by atoms with Crippen molar-refractivity contribution in [2.75, 3.05) is 0 Å². The number of halogens is 1. The molecule has 0 atom stereocenters. The van der Waals surface area contributed by atoms with Gasteiger partial charge >= 0.3 is 0 Å². The highest BCUT2D eigenvalue weighted by Crippen LogP contribution is 2.29. The molecule has 0 aliphatic carbocycles. The maximum atomic E-state index is 11.2. The summed E-state index contributed by atoms with van der Waals surface area (Å²) in [6.07, 6.45) is 3.10. The zero-order valence-corrected chi connectivity index (χ0v) is 14.8. The molecule has 0 saturated carbocycles. The van der Waals surface area contributed by atoms with E-state index < -0.39 is 9.85 Å². The van der Waals surface area contributed by atoms with Gasteiger partial charge in [0.1, 0.15) is 5.15 Å². The molecule has 27 heavy (non-hydrogen) atoms. The monoisotopic (exact) mass is 384 g/mol. The summed E-state index contributed by atoms with van der Waals surface area (Å²) in [6, 6.07) is 12.8. The zero-order chi connectivity index (χ0) is 19.6. The van der Waals surface area contributed by atoms with Gasteiger partial charge in [0.15, 0.2) is 0 Å². The largest absolute Gasteiger partial charge is 0.283 e. The molecule has 2 aromatic carbocycles. The SMILES string of the molecule is Cc1nn(-c2ccccc2)c(Cl)c1/C=C/c1ccc([N+](=O)[O-])cc1[N+](=O)[O-]. The number of hydrogen-bond donors (Lipinski definition) is 0. The summed E-state index contributed by atoms with van der Waals surface area (Å²) in [6.45, 7) is 1.77. The Morgan fingerprint density at radius 2 is 1.74 bits per heavy atom. The Morgan fingerprint density at radius 3 is 2.37 bits per heavy atom. The second kappa shape index (κ2) is 7.38. The Morgan fingerprint density at radius 1 is 1.04 bits per heavy atom. The van der Waals surface area contributed by atoms with E-state index in [-0.39, 0.29) is 16.9 Å². The average Bonchev–Trinajstić information content (AvgIpc) is 2.94. The van der Waals surface area contributed by atoms with Gasteiger partial charge in [-0.05, 0) is 37.3 Å². The fourth-order valence-corrected chi connectivity index (χ4v) is 2.89. The van der Waals surface area contributed by atoms with Crippen LogP contribution >= 0.6 is 11.6 Å². The summed E-state index contributed by atoms with van der Waals surface area (Å²) >= 11 is 6.43. The fourth-order valence-electron chi connectivity index (χ4n) is 2.56. The summed E-state index contributed by atoms with van der Waals surface area (Å²) in [5, 5.41) is 26.8. The summed E-state index contributed by atoms with van der Waals surface area (Å²) in [5.74, 6) is 0. The summed E-state index contributed by atoms with van der Waals surface area (Å²) in [5.41, 5.74) is 1.56. The maximum absolute atomic E-state index is 11.2. The third-order valence-corrected chi connectivity index (χ3v) is 4.26. The van der Waals surface area contributed by atoms with Crippen LogP contribution in [-0.4, -0.2) is 19.6 Å². The van der Waals surface area contributed by atoms with Crippen LogP contribution in [0, 0.1) is 27.2 Å². The molecule has 9 heteroatoms. The van der Waals surface area contributed by atoms with Crippen molar-refractivity contribution in [3.63, 3.8) is 0 Å². The van der Waals surface area contributed by atoms with Gasteiger partial charge < -0.3 is 0 Å². The first-order valence-electron chi connectivity index (χ1n) is 7.80. The van der Waals surface area contributed by atoms with Gasteiger partial charge in [0, 0.05) is 11.6 Å². The van der Waals surface area contributed by atoms with Crippen LogP contribution in [0.4, 0.5) is 11.4 Å².